The first-order chi connectivity index (χ1) is 15.8. The van der Waals surface area contributed by atoms with Gasteiger partial charge in [0.1, 0.15) is 11.9 Å². The lowest BCUT2D eigenvalue weighted by Crippen LogP contribution is -2.35. The topological polar surface area (TPSA) is 15.7 Å². The first-order valence-electron chi connectivity index (χ1n) is 11.4. The van der Waals surface area contributed by atoms with Crippen LogP contribution in [0.25, 0.3) is 0 Å². The van der Waals surface area contributed by atoms with Crippen LogP contribution in [0.15, 0.2) is 47.4 Å². The van der Waals surface area contributed by atoms with Crippen LogP contribution in [0.4, 0.5) is 17.6 Å². The summed E-state index contributed by atoms with van der Waals surface area (Å²) in [6, 6.07) is 12.9. The zero-order valence-electron chi connectivity index (χ0n) is 18.8. The predicted octanol–water partition coefficient (Wildman–Crippen LogP) is 6.08. The van der Waals surface area contributed by atoms with Crippen LogP contribution in [0.5, 0.6) is 5.75 Å². The molecule has 0 spiro atoms. The van der Waals surface area contributed by atoms with Crippen LogP contribution in [0.2, 0.25) is 0 Å². The quantitative estimate of drug-likeness (QED) is 0.270. The van der Waals surface area contributed by atoms with Crippen LogP contribution in [0.3, 0.4) is 0 Å². The molecule has 180 valence electrons. The Kier molecular flexibility index (Phi) is 7.87. The average Bonchev–Trinajstić information content (AvgIpc) is 2.76. The van der Waals surface area contributed by atoms with Gasteiger partial charge in [0, 0.05) is 43.5 Å². The number of piperidine rings is 1. The number of likely N-dealkylation sites (tertiary alicyclic amines) is 1. The first-order valence-corrected chi connectivity index (χ1v) is 12.2. The van der Waals surface area contributed by atoms with Crippen LogP contribution < -0.4 is 4.74 Å². The van der Waals surface area contributed by atoms with Gasteiger partial charge in [0.2, 0.25) is 0 Å². The molecule has 1 unspecified atom stereocenters. The van der Waals surface area contributed by atoms with Crippen LogP contribution in [-0.2, 0) is 6.54 Å². The van der Waals surface area contributed by atoms with Gasteiger partial charge in [0.15, 0.2) is 0 Å². The van der Waals surface area contributed by atoms with E-state index in [4.69, 9.17) is 4.74 Å². The fraction of sp³-hybridized carbons (Fsp3) is 0.520. The standard InChI is InChI=1S/C25H30F4N2OS/c1-30-16-19-15-21(32-14-2-11-31-12-9-20(26)10-13-31)5-8-23(19)24(17-30)18-3-6-22(7-4-18)33-25(27,28)29/h3-8,15,20,24H,2,9-14,16-17H2,1H3. The number of thioether (sulfide) groups is 1. The third-order valence-corrected chi connectivity index (χ3v) is 7.08. The first kappa shape index (κ1) is 24.4. The number of hydrogen-bond donors (Lipinski definition) is 0. The number of fused-ring (bicyclic) bond motifs is 1. The number of likely N-dealkylation sites (N-methyl/N-ethyl adjacent to an activating group) is 1. The van der Waals surface area contributed by atoms with Crippen LogP contribution >= 0.6 is 11.8 Å². The van der Waals surface area contributed by atoms with E-state index in [0.717, 1.165) is 50.5 Å². The summed E-state index contributed by atoms with van der Waals surface area (Å²) >= 11 is -0.0840. The van der Waals surface area contributed by atoms with Crippen LogP contribution in [0, 0.1) is 0 Å². The molecule has 2 heterocycles. The van der Waals surface area contributed by atoms with Crippen molar-refractivity contribution in [3.05, 3.63) is 59.2 Å². The normalized spacial score (nSPS) is 20.6. The number of halogens is 4. The molecule has 1 saturated heterocycles. The summed E-state index contributed by atoms with van der Waals surface area (Å²) in [5, 5.41) is 0. The lowest BCUT2D eigenvalue weighted by molar-refractivity contribution is -0.0328. The fourth-order valence-electron chi connectivity index (χ4n) is 4.70. The number of nitrogens with zero attached hydrogens (tertiary/aromatic N) is 2. The molecule has 0 aliphatic carbocycles. The van der Waals surface area contributed by atoms with Gasteiger partial charge in [-0.15, -0.1) is 0 Å². The van der Waals surface area contributed by atoms with Gasteiger partial charge in [-0.2, -0.15) is 13.2 Å². The van der Waals surface area contributed by atoms with Gasteiger partial charge in [-0.05, 0) is 79.0 Å². The minimum Gasteiger partial charge on any atom is -0.494 e. The fourth-order valence-corrected chi connectivity index (χ4v) is 5.24. The third kappa shape index (κ3) is 6.87. The molecule has 33 heavy (non-hydrogen) atoms. The highest BCUT2D eigenvalue weighted by molar-refractivity contribution is 8.00. The van der Waals surface area contributed by atoms with Gasteiger partial charge < -0.3 is 14.5 Å². The number of benzene rings is 2. The Hall–Kier alpha value is -1.77. The minimum absolute atomic E-state index is 0.0840. The second-order valence-corrected chi connectivity index (χ2v) is 10.1. The second kappa shape index (κ2) is 10.7. The zero-order chi connectivity index (χ0) is 23.4. The van der Waals surface area contributed by atoms with E-state index in [1.807, 2.05) is 6.07 Å². The Labute approximate surface area is 197 Å². The van der Waals surface area contributed by atoms with Crippen LogP contribution in [-0.4, -0.2) is 61.3 Å². The Morgan fingerprint density at radius 1 is 1.06 bits per heavy atom. The van der Waals surface area contributed by atoms with Gasteiger partial charge in [0.05, 0.1) is 6.61 Å². The second-order valence-electron chi connectivity index (χ2n) is 8.95. The molecule has 4 rings (SSSR count). The van der Waals surface area contributed by atoms with Crippen LogP contribution in [0.1, 0.15) is 41.9 Å². The molecule has 0 amide bonds. The number of alkyl halides is 4. The van der Waals surface area contributed by atoms with E-state index >= 15 is 0 Å². The Morgan fingerprint density at radius 2 is 1.79 bits per heavy atom. The highest BCUT2D eigenvalue weighted by Gasteiger charge is 2.30. The Bertz CT molecular complexity index is 914. The summed E-state index contributed by atoms with van der Waals surface area (Å²) < 4.78 is 57.1. The van der Waals surface area contributed by atoms with E-state index in [9.17, 15) is 17.6 Å². The molecule has 1 fully saturated rings. The molecular weight excluding hydrogens is 452 g/mol. The summed E-state index contributed by atoms with van der Waals surface area (Å²) in [5.74, 6) is 0.943. The predicted molar refractivity (Wildman–Crippen MR) is 124 cm³/mol. The number of hydrogen-bond acceptors (Lipinski definition) is 4. The summed E-state index contributed by atoms with van der Waals surface area (Å²) in [6.45, 7) is 4.81. The molecule has 0 N–H and O–H groups in total. The van der Waals surface area contributed by atoms with Gasteiger partial charge in [-0.3, -0.25) is 0 Å². The molecular formula is C25H30F4N2OS. The molecule has 0 radical (unpaired) electrons. The van der Waals surface area contributed by atoms with E-state index in [-0.39, 0.29) is 22.6 Å². The van der Waals surface area contributed by atoms with Gasteiger partial charge >= 0.3 is 5.51 Å². The molecule has 2 aliphatic rings. The molecule has 0 aromatic heterocycles. The van der Waals surface area contributed by atoms with Crippen molar-refractivity contribution >= 4 is 11.8 Å². The van der Waals surface area contributed by atoms with E-state index in [1.165, 1.54) is 11.1 Å². The SMILES string of the molecule is CN1Cc2cc(OCCCN3CCC(F)CC3)ccc2C(c2ccc(SC(F)(F)F)cc2)C1. The molecule has 2 aliphatic heterocycles. The summed E-state index contributed by atoms with van der Waals surface area (Å²) in [5.41, 5.74) is -0.878. The summed E-state index contributed by atoms with van der Waals surface area (Å²) in [7, 11) is 2.05. The van der Waals surface area contributed by atoms with E-state index in [1.54, 1.807) is 24.3 Å². The van der Waals surface area contributed by atoms with Crippen molar-refractivity contribution in [2.75, 3.05) is 39.8 Å². The van der Waals surface area contributed by atoms with E-state index in [0.29, 0.717) is 19.4 Å². The van der Waals surface area contributed by atoms with Crippen molar-refractivity contribution in [2.45, 2.75) is 48.3 Å². The van der Waals surface area contributed by atoms with Gasteiger partial charge in [-0.25, -0.2) is 4.39 Å². The molecule has 1 atom stereocenters. The summed E-state index contributed by atoms with van der Waals surface area (Å²) in [6.07, 6.45) is 1.51. The van der Waals surface area contributed by atoms with Crippen molar-refractivity contribution in [3.8, 4) is 5.75 Å². The molecule has 2 aromatic carbocycles. The Balaban J connectivity index is 1.37. The monoisotopic (exact) mass is 482 g/mol. The molecule has 0 bridgehead atoms. The highest BCUT2D eigenvalue weighted by Crippen LogP contribution is 2.39. The minimum atomic E-state index is -4.28. The molecule has 3 nitrogen and oxygen atoms in total. The largest absolute Gasteiger partial charge is 0.494 e. The van der Waals surface area contributed by atoms with Gasteiger partial charge in [-0.1, -0.05) is 18.2 Å². The highest BCUT2D eigenvalue weighted by atomic mass is 32.2. The average molecular weight is 483 g/mol. The maximum Gasteiger partial charge on any atom is 0.446 e. The van der Waals surface area contributed by atoms with Crippen molar-refractivity contribution in [3.63, 3.8) is 0 Å². The van der Waals surface area contributed by atoms with E-state index in [2.05, 4.69) is 29.0 Å². The third-order valence-electron chi connectivity index (χ3n) is 6.34. The zero-order valence-corrected chi connectivity index (χ0v) is 19.6. The smallest absolute Gasteiger partial charge is 0.446 e. The van der Waals surface area contributed by atoms with E-state index < -0.39 is 11.7 Å². The van der Waals surface area contributed by atoms with Crippen molar-refractivity contribution in [1.82, 2.24) is 9.80 Å². The lowest BCUT2D eigenvalue weighted by atomic mass is 9.85. The molecule has 8 heteroatoms. The Morgan fingerprint density at radius 3 is 2.48 bits per heavy atom. The number of ether oxygens (including phenoxy) is 1. The maximum absolute atomic E-state index is 13.2. The lowest BCUT2D eigenvalue weighted by Gasteiger charge is -2.33. The number of rotatable bonds is 7. The van der Waals surface area contributed by atoms with Crippen molar-refractivity contribution in [2.24, 2.45) is 0 Å². The maximum atomic E-state index is 13.2. The van der Waals surface area contributed by atoms with Crippen molar-refractivity contribution < 1.29 is 22.3 Å². The molecule has 0 saturated carbocycles. The van der Waals surface area contributed by atoms with Gasteiger partial charge in [0.25, 0.3) is 0 Å². The molecule has 2 aromatic rings. The van der Waals surface area contributed by atoms with Crippen molar-refractivity contribution in [1.29, 1.82) is 0 Å². The summed E-state index contributed by atoms with van der Waals surface area (Å²) in [4.78, 5) is 4.72.